The molecule has 0 saturated heterocycles. The van der Waals surface area contributed by atoms with E-state index < -0.39 is 12.0 Å². The summed E-state index contributed by atoms with van der Waals surface area (Å²) in [6.07, 6.45) is 2.87. The molecule has 1 heterocycles. The first-order valence-electron chi connectivity index (χ1n) is 6.41. The van der Waals surface area contributed by atoms with Crippen molar-refractivity contribution in [1.82, 2.24) is 10.3 Å². The number of amides is 1. The lowest BCUT2D eigenvalue weighted by Gasteiger charge is -2.16. The normalized spacial score (nSPS) is 12.2. The highest BCUT2D eigenvalue weighted by Crippen LogP contribution is 2.06. The molecule has 0 aliphatic carbocycles. The first-order valence-corrected chi connectivity index (χ1v) is 6.41. The quantitative estimate of drug-likeness (QED) is 0.784. The van der Waals surface area contributed by atoms with Gasteiger partial charge in [-0.25, -0.2) is 4.79 Å². The summed E-state index contributed by atoms with van der Waals surface area (Å²) in [6, 6.07) is 4.71. The van der Waals surface area contributed by atoms with Crippen LogP contribution in [0.1, 0.15) is 32.4 Å². The van der Waals surface area contributed by atoms with Crippen molar-refractivity contribution in [2.24, 2.45) is 5.92 Å². The molecule has 0 saturated carbocycles. The van der Waals surface area contributed by atoms with Crippen LogP contribution in [0, 0.1) is 5.92 Å². The van der Waals surface area contributed by atoms with Gasteiger partial charge in [-0.2, -0.15) is 0 Å². The molecule has 0 fully saturated rings. The number of aryl methyl sites for hydroxylation is 1. The lowest BCUT2D eigenvalue weighted by Crippen LogP contribution is -2.41. The minimum Gasteiger partial charge on any atom is -0.480 e. The smallest absolute Gasteiger partial charge is 0.326 e. The van der Waals surface area contributed by atoms with Gasteiger partial charge in [0, 0.05) is 18.3 Å². The maximum Gasteiger partial charge on any atom is 0.326 e. The van der Waals surface area contributed by atoms with Gasteiger partial charge in [0.25, 0.3) is 0 Å². The average molecular weight is 264 g/mol. The molecule has 5 heteroatoms. The standard InChI is InChI=1S/C14H20N2O3/c1-10(2)9-12(14(18)19)16-13(17)7-6-11-5-3-4-8-15-11/h3-5,8,10,12H,6-7,9H2,1-2H3,(H,16,17)(H,18,19). The van der Waals surface area contributed by atoms with E-state index in [9.17, 15) is 9.59 Å². The predicted octanol–water partition coefficient (Wildman–Crippen LogP) is 1.63. The van der Waals surface area contributed by atoms with Crippen molar-refractivity contribution in [2.75, 3.05) is 0 Å². The van der Waals surface area contributed by atoms with Gasteiger partial charge < -0.3 is 10.4 Å². The molecule has 1 amide bonds. The number of nitrogens with one attached hydrogen (secondary N) is 1. The molecule has 1 atom stereocenters. The Bertz CT molecular complexity index is 418. The molecule has 0 bridgehead atoms. The molecule has 1 unspecified atom stereocenters. The fraction of sp³-hybridized carbons (Fsp3) is 0.500. The van der Waals surface area contributed by atoms with Crippen molar-refractivity contribution in [3.05, 3.63) is 30.1 Å². The third-order valence-corrected chi connectivity index (χ3v) is 2.67. The molecule has 5 nitrogen and oxygen atoms in total. The average Bonchev–Trinajstić information content (AvgIpc) is 2.36. The van der Waals surface area contributed by atoms with Gasteiger partial charge in [0.1, 0.15) is 6.04 Å². The molecule has 0 radical (unpaired) electrons. The molecule has 19 heavy (non-hydrogen) atoms. The fourth-order valence-electron chi connectivity index (χ4n) is 1.75. The molecule has 1 aromatic rings. The van der Waals surface area contributed by atoms with E-state index in [4.69, 9.17) is 5.11 Å². The van der Waals surface area contributed by atoms with Crippen LogP contribution >= 0.6 is 0 Å². The summed E-state index contributed by atoms with van der Waals surface area (Å²) < 4.78 is 0. The molecule has 1 aromatic heterocycles. The van der Waals surface area contributed by atoms with Crippen LogP contribution in [0.4, 0.5) is 0 Å². The number of nitrogens with zero attached hydrogens (tertiary/aromatic N) is 1. The van der Waals surface area contributed by atoms with E-state index in [0.717, 1.165) is 5.69 Å². The monoisotopic (exact) mass is 264 g/mol. The van der Waals surface area contributed by atoms with Crippen LogP contribution in [-0.2, 0) is 16.0 Å². The van der Waals surface area contributed by atoms with E-state index in [0.29, 0.717) is 12.8 Å². The van der Waals surface area contributed by atoms with Gasteiger partial charge in [-0.3, -0.25) is 9.78 Å². The van der Waals surface area contributed by atoms with E-state index in [1.165, 1.54) is 0 Å². The van der Waals surface area contributed by atoms with E-state index in [1.807, 2.05) is 32.0 Å². The lowest BCUT2D eigenvalue weighted by atomic mass is 10.0. The van der Waals surface area contributed by atoms with Gasteiger partial charge in [-0.1, -0.05) is 19.9 Å². The molecule has 0 aliphatic rings. The highest BCUT2D eigenvalue weighted by Gasteiger charge is 2.20. The van der Waals surface area contributed by atoms with E-state index in [1.54, 1.807) is 6.20 Å². The van der Waals surface area contributed by atoms with Crippen LogP contribution < -0.4 is 5.32 Å². The number of rotatable bonds is 7. The van der Waals surface area contributed by atoms with Gasteiger partial charge in [-0.15, -0.1) is 0 Å². The zero-order chi connectivity index (χ0) is 14.3. The summed E-state index contributed by atoms with van der Waals surface area (Å²) in [5.74, 6) is -1.02. The molecule has 2 N–H and O–H groups in total. The van der Waals surface area contributed by atoms with Crippen LogP contribution in [0.25, 0.3) is 0 Å². The summed E-state index contributed by atoms with van der Waals surface area (Å²) in [5, 5.41) is 11.6. The Hall–Kier alpha value is -1.91. The number of aliphatic carboxylic acids is 1. The number of carboxylic acid groups (broad SMARTS) is 1. The largest absolute Gasteiger partial charge is 0.480 e. The van der Waals surface area contributed by atoms with E-state index >= 15 is 0 Å². The van der Waals surface area contributed by atoms with Crippen molar-refractivity contribution in [3.63, 3.8) is 0 Å². The summed E-state index contributed by atoms with van der Waals surface area (Å²) in [6.45, 7) is 3.85. The number of carbonyl (C=O) groups excluding carboxylic acids is 1. The van der Waals surface area contributed by atoms with E-state index in [-0.39, 0.29) is 18.2 Å². The second-order valence-electron chi connectivity index (χ2n) is 4.91. The van der Waals surface area contributed by atoms with Crippen LogP contribution in [0.2, 0.25) is 0 Å². The lowest BCUT2D eigenvalue weighted by molar-refractivity contribution is -0.142. The van der Waals surface area contributed by atoms with Crippen LogP contribution in [0.15, 0.2) is 24.4 Å². The van der Waals surface area contributed by atoms with Crippen LogP contribution in [0.3, 0.4) is 0 Å². The van der Waals surface area contributed by atoms with Crippen molar-refractivity contribution >= 4 is 11.9 Å². The highest BCUT2D eigenvalue weighted by atomic mass is 16.4. The minimum absolute atomic E-state index is 0.220. The Kier molecular flexibility index (Phi) is 5.99. The number of hydrogen-bond donors (Lipinski definition) is 2. The van der Waals surface area contributed by atoms with Crippen molar-refractivity contribution < 1.29 is 14.7 Å². The number of carbonyl (C=O) groups is 2. The molecule has 1 rings (SSSR count). The maximum absolute atomic E-state index is 11.7. The molecule has 104 valence electrons. The summed E-state index contributed by atoms with van der Waals surface area (Å²) in [5.41, 5.74) is 0.827. The zero-order valence-corrected chi connectivity index (χ0v) is 11.3. The topological polar surface area (TPSA) is 79.3 Å². The van der Waals surface area contributed by atoms with Gasteiger partial charge in [0.05, 0.1) is 0 Å². The molecule has 0 aliphatic heterocycles. The Morgan fingerprint density at radius 3 is 2.63 bits per heavy atom. The Morgan fingerprint density at radius 2 is 2.11 bits per heavy atom. The molecular formula is C14H20N2O3. The first-order chi connectivity index (χ1) is 8.99. The van der Waals surface area contributed by atoms with Gasteiger partial charge in [0.2, 0.25) is 5.91 Å². The predicted molar refractivity (Wildman–Crippen MR) is 71.6 cm³/mol. The Balaban J connectivity index is 2.42. The Labute approximate surface area is 113 Å². The van der Waals surface area contributed by atoms with Crippen LogP contribution in [-0.4, -0.2) is 28.0 Å². The molecule has 0 aromatic carbocycles. The van der Waals surface area contributed by atoms with Gasteiger partial charge in [0.15, 0.2) is 0 Å². The summed E-state index contributed by atoms with van der Waals surface area (Å²) >= 11 is 0. The number of pyridine rings is 1. The van der Waals surface area contributed by atoms with Gasteiger partial charge >= 0.3 is 5.97 Å². The zero-order valence-electron chi connectivity index (χ0n) is 11.3. The summed E-state index contributed by atoms with van der Waals surface area (Å²) in [7, 11) is 0. The van der Waals surface area contributed by atoms with Crippen molar-refractivity contribution in [1.29, 1.82) is 0 Å². The number of hydrogen-bond acceptors (Lipinski definition) is 3. The minimum atomic E-state index is -0.986. The molecular weight excluding hydrogens is 244 g/mol. The maximum atomic E-state index is 11.7. The van der Waals surface area contributed by atoms with Crippen LogP contribution in [0.5, 0.6) is 0 Å². The second-order valence-corrected chi connectivity index (χ2v) is 4.91. The van der Waals surface area contributed by atoms with Gasteiger partial charge in [-0.05, 0) is 30.9 Å². The number of aromatic nitrogens is 1. The third kappa shape index (κ3) is 5.99. The van der Waals surface area contributed by atoms with E-state index in [2.05, 4.69) is 10.3 Å². The first kappa shape index (κ1) is 15.1. The van der Waals surface area contributed by atoms with Crippen molar-refractivity contribution in [3.8, 4) is 0 Å². The molecule has 0 spiro atoms. The van der Waals surface area contributed by atoms with Crippen molar-refractivity contribution in [2.45, 2.75) is 39.2 Å². The second kappa shape index (κ2) is 7.51. The fourth-order valence-corrected chi connectivity index (χ4v) is 1.75. The SMILES string of the molecule is CC(C)CC(NC(=O)CCc1ccccn1)C(=O)O. The third-order valence-electron chi connectivity index (χ3n) is 2.67. The number of carboxylic acids is 1. The highest BCUT2D eigenvalue weighted by molar-refractivity contribution is 5.83. The summed E-state index contributed by atoms with van der Waals surface area (Å²) in [4.78, 5) is 26.8. The Morgan fingerprint density at radius 1 is 1.37 bits per heavy atom.